The number of likely N-dealkylation sites (tertiary alicyclic amines) is 1. The largest absolute Gasteiger partial charge is 0.497 e. The van der Waals surface area contributed by atoms with Crippen LogP contribution < -0.4 is 9.64 Å². The average molecular weight is 458 g/mol. The van der Waals surface area contributed by atoms with Gasteiger partial charge in [-0.1, -0.05) is 11.3 Å². The Morgan fingerprint density at radius 1 is 1.22 bits per heavy atom. The molecule has 0 unspecified atom stereocenters. The van der Waals surface area contributed by atoms with E-state index in [-0.39, 0.29) is 12.5 Å². The maximum Gasteiger partial charge on any atom is 0.242 e. The smallest absolute Gasteiger partial charge is 0.242 e. The van der Waals surface area contributed by atoms with Crippen LogP contribution in [0.2, 0.25) is 0 Å². The first-order chi connectivity index (χ1) is 15.5. The number of rotatable bonds is 5. The second-order valence-corrected chi connectivity index (χ2v) is 9.17. The highest BCUT2D eigenvalue weighted by atomic mass is 32.1. The maximum atomic E-state index is 12.9. The van der Waals surface area contributed by atoms with Gasteiger partial charge in [-0.2, -0.15) is 10.1 Å². The van der Waals surface area contributed by atoms with Gasteiger partial charge in [-0.25, -0.2) is 4.68 Å². The highest BCUT2D eigenvalue weighted by Crippen LogP contribution is 2.33. The van der Waals surface area contributed by atoms with Crippen molar-refractivity contribution in [3.8, 4) is 11.4 Å². The summed E-state index contributed by atoms with van der Waals surface area (Å²) in [6, 6.07) is 7.72. The van der Waals surface area contributed by atoms with Crippen molar-refractivity contribution >= 4 is 32.7 Å². The van der Waals surface area contributed by atoms with Crippen molar-refractivity contribution in [1.82, 2.24) is 19.7 Å². The van der Waals surface area contributed by atoms with Crippen LogP contribution in [0.5, 0.6) is 5.75 Å². The Kier molecular flexibility index (Phi) is 5.52. The van der Waals surface area contributed by atoms with E-state index in [1.54, 1.807) is 18.4 Å². The lowest BCUT2D eigenvalue weighted by molar-refractivity contribution is -0.187. The van der Waals surface area contributed by atoms with Crippen molar-refractivity contribution in [3.63, 3.8) is 0 Å². The summed E-state index contributed by atoms with van der Waals surface area (Å²) >= 11 is 1.56. The Bertz CT molecular complexity index is 1110. The molecule has 32 heavy (non-hydrogen) atoms. The molecule has 0 radical (unpaired) electrons. The van der Waals surface area contributed by atoms with Gasteiger partial charge in [-0.05, 0) is 31.2 Å². The number of aryl methyl sites for hydroxylation is 1. The van der Waals surface area contributed by atoms with Crippen LogP contribution >= 0.6 is 11.3 Å². The first-order valence-electron chi connectivity index (χ1n) is 10.8. The lowest BCUT2D eigenvalue weighted by Crippen LogP contribution is -2.49. The van der Waals surface area contributed by atoms with Crippen LogP contribution in [0.1, 0.15) is 18.5 Å². The van der Waals surface area contributed by atoms with Crippen molar-refractivity contribution in [3.05, 3.63) is 30.0 Å². The molecule has 3 aromatic rings. The van der Waals surface area contributed by atoms with Crippen LogP contribution in [-0.2, 0) is 14.3 Å². The maximum absolute atomic E-state index is 12.9. The van der Waals surface area contributed by atoms with E-state index in [0.29, 0.717) is 26.3 Å². The number of nitrogens with zero attached hydrogens (tertiary/aromatic N) is 5. The van der Waals surface area contributed by atoms with E-state index in [4.69, 9.17) is 19.2 Å². The lowest BCUT2D eigenvalue weighted by atomic mass is 10.0. The molecular formula is C22H27N5O4S. The molecule has 2 fully saturated rings. The molecule has 0 atom stereocenters. The molecule has 5 rings (SSSR count). The normalized spacial score (nSPS) is 17.9. The number of anilines is 1. The molecule has 2 saturated heterocycles. The molecule has 1 spiro atoms. The number of thiazole rings is 1. The molecule has 0 saturated carbocycles. The number of hydrogen-bond donors (Lipinski definition) is 0. The number of amides is 1. The fourth-order valence-corrected chi connectivity index (χ4v) is 5.19. The molecule has 0 aliphatic carbocycles. The van der Waals surface area contributed by atoms with Gasteiger partial charge in [-0.3, -0.25) is 4.79 Å². The number of aromatic nitrogens is 3. The van der Waals surface area contributed by atoms with Gasteiger partial charge in [0.1, 0.15) is 5.75 Å². The van der Waals surface area contributed by atoms with Crippen molar-refractivity contribution < 1.29 is 19.0 Å². The Morgan fingerprint density at radius 2 is 1.91 bits per heavy atom. The Balaban J connectivity index is 1.29. The summed E-state index contributed by atoms with van der Waals surface area (Å²) in [5.74, 6) is 0.412. The number of likely N-dealkylation sites (N-methyl/N-ethyl adjacent to an activating group) is 1. The number of fused-ring (bicyclic) bond motifs is 1. The molecular weight excluding hydrogens is 430 g/mol. The topological polar surface area (TPSA) is 82.0 Å². The summed E-state index contributed by atoms with van der Waals surface area (Å²) in [4.78, 5) is 21.5. The van der Waals surface area contributed by atoms with Crippen molar-refractivity contribution in [1.29, 1.82) is 0 Å². The number of ether oxygens (including phenoxy) is 3. The van der Waals surface area contributed by atoms with Crippen molar-refractivity contribution in [2.45, 2.75) is 25.6 Å². The fourth-order valence-electron chi connectivity index (χ4n) is 4.24. The first kappa shape index (κ1) is 21.2. The summed E-state index contributed by atoms with van der Waals surface area (Å²) in [5, 5.41) is 5.45. The third-order valence-electron chi connectivity index (χ3n) is 6.08. The molecule has 10 heteroatoms. The Morgan fingerprint density at radius 3 is 2.56 bits per heavy atom. The summed E-state index contributed by atoms with van der Waals surface area (Å²) in [7, 11) is 3.55. The fraction of sp³-hybridized carbons (Fsp3) is 0.500. The Labute approximate surface area is 190 Å². The third-order valence-corrected chi connectivity index (χ3v) is 7.35. The Hall–Kier alpha value is -2.69. The van der Waals surface area contributed by atoms with Gasteiger partial charge in [-0.15, -0.1) is 0 Å². The summed E-state index contributed by atoms with van der Waals surface area (Å²) in [5.41, 5.74) is 2.62. The monoisotopic (exact) mass is 457 g/mol. The van der Waals surface area contributed by atoms with E-state index < -0.39 is 5.79 Å². The zero-order valence-electron chi connectivity index (χ0n) is 18.5. The summed E-state index contributed by atoms with van der Waals surface area (Å²) in [6.07, 6.45) is 1.45. The van der Waals surface area contributed by atoms with E-state index in [2.05, 4.69) is 5.10 Å². The molecule has 9 nitrogen and oxygen atoms in total. The van der Waals surface area contributed by atoms with Gasteiger partial charge in [0.15, 0.2) is 16.6 Å². The van der Waals surface area contributed by atoms with E-state index in [9.17, 15) is 4.79 Å². The minimum absolute atomic E-state index is 0.0908. The minimum atomic E-state index is -0.472. The minimum Gasteiger partial charge on any atom is -0.497 e. The van der Waals surface area contributed by atoms with Gasteiger partial charge in [0, 0.05) is 33.0 Å². The molecule has 2 aromatic heterocycles. The molecule has 1 amide bonds. The average Bonchev–Trinajstić information content (AvgIpc) is 3.52. The predicted molar refractivity (Wildman–Crippen MR) is 122 cm³/mol. The van der Waals surface area contributed by atoms with Gasteiger partial charge < -0.3 is 24.0 Å². The van der Waals surface area contributed by atoms with Gasteiger partial charge in [0.05, 0.1) is 42.9 Å². The van der Waals surface area contributed by atoms with Gasteiger partial charge in [0.25, 0.3) is 0 Å². The van der Waals surface area contributed by atoms with Crippen LogP contribution in [0.3, 0.4) is 0 Å². The highest BCUT2D eigenvalue weighted by molar-refractivity contribution is 7.22. The molecule has 170 valence electrons. The zero-order valence-corrected chi connectivity index (χ0v) is 19.4. The number of hydrogen-bond acceptors (Lipinski definition) is 8. The molecule has 1 aromatic carbocycles. The van der Waals surface area contributed by atoms with Crippen LogP contribution in [0.4, 0.5) is 5.13 Å². The van der Waals surface area contributed by atoms with Crippen LogP contribution in [0, 0.1) is 6.92 Å². The zero-order chi connectivity index (χ0) is 22.3. The second-order valence-electron chi connectivity index (χ2n) is 8.19. The van der Waals surface area contributed by atoms with Gasteiger partial charge >= 0.3 is 0 Å². The summed E-state index contributed by atoms with van der Waals surface area (Å²) < 4.78 is 19.6. The van der Waals surface area contributed by atoms with Crippen molar-refractivity contribution in [2.75, 3.05) is 51.9 Å². The molecule has 0 bridgehead atoms. The molecule has 0 N–H and O–H groups in total. The van der Waals surface area contributed by atoms with E-state index in [1.807, 2.05) is 52.7 Å². The van der Waals surface area contributed by atoms with Crippen molar-refractivity contribution in [2.24, 2.45) is 0 Å². The van der Waals surface area contributed by atoms with E-state index in [1.165, 1.54) is 0 Å². The SMILES string of the molecule is COc1ccc(-n2nc(C)c3sc(N(C)CC(=O)N4CCC5(CC4)OCCO5)nc32)cc1. The number of piperidine rings is 1. The first-order valence-corrected chi connectivity index (χ1v) is 11.6. The van der Waals surface area contributed by atoms with E-state index >= 15 is 0 Å². The van der Waals surface area contributed by atoms with Crippen LogP contribution in [-0.4, -0.2) is 78.4 Å². The van der Waals surface area contributed by atoms with Crippen LogP contribution in [0.15, 0.2) is 24.3 Å². The van der Waals surface area contributed by atoms with Crippen LogP contribution in [0.25, 0.3) is 16.0 Å². The lowest BCUT2D eigenvalue weighted by Gasteiger charge is -2.38. The third kappa shape index (κ3) is 3.82. The number of methoxy groups -OCH3 is 1. The summed E-state index contributed by atoms with van der Waals surface area (Å²) in [6.45, 7) is 4.84. The molecule has 2 aliphatic rings. The number of carbonyl (C=O) groups is 1. The number of carbonyl (C=O) groups excluding carboxylic acids is 1. The second kappa shape index (κ2) is 8.34. The number of benzene rings is 1. The molecule has 4 heterocycles. The standard InChI is InChI=1S/C22H27N5O4S/c1-15-19-20(27(24-15)16-4-6-17(29-3)7-5-16)23-21(32-19)25(2)14-18(28)26-10-8-22(9-11-26)30-12-13-31-22/h4-7H,8-14H2,1-3H3. The van der Waals surface area contributed by atoms with Gasteiger partial charge in [0.2, 0.25) is 5.91 Å². The quantitative estimate of drug-likeness (QED) is 0.582. The molecule has 2 aliphatic heterocycles. The van der Waals surface area contributed by atoms with E-state index in [0.717, 1.165) is 45.5 Å². The predicted octanol–water partition coefficient (Wildman–Crippen LogP) is 2.60. The highest BCUT2D eigenvalue weighted by Gasteiger charge is 2.40.